The van der Waals surface area contributed by atoms with Gasteiger partial charge >= 0.3 is 0 Å². The summed E-state index contributed by atoms with van der Waals surface area (Å²) in [4.78, 5) is 11.9. The van der Waals surface area contributed by atoms with Gasteiger partial charge in [0.2, 0.25) is 5.91 Å². The summed E-state index contributed by atoms with van der Waals surface area (Å²) in [6, 6.07) is 5.21. The minimum atomic E-state index is -3.04. The average molecular weight is 415 g/mol. The number of sulfone groups is 1. The van der Waals surface area contributed by atoms with E-state index in [4.69, 9.17) is 9.15 Å². The summed E-state index contributed by atoms with van der Waals surface area (Å²) in [5.41, 5.74) is 0. The number of ether oxygens (including phenoxy) is 1. The number of carbonyl (C=O) groups is 1. The fourth-order valence-electron chi connectivity index (χ4n) is 2.52. The quantitative estimate of drug-likeness (QED) is 0.681. The van der Waals surface area contributed by atoms with Crippen molar-refractivity contribution in [1.82, 2.24) is 15.5 Å². The zero-order valence-corrected chi connectivity index (χ0v) is 16.1. The maximum Gasteiger partial charge on any atom is 0.277 e. The number of thioether (sulfide) groups is 1. The van der Waals surface area contributed by atoms with E-state index in [1.165, 1.54) is 24.3 Å². The number of rotatable bonds is 7. The summed E-state index contributed by atoms with van der Waals surface area (Å²) < 4.78 is 46.8. The Hall–Kier alpha value is -2.14. The summed E-state index contributed by atoms with van der Waals surface area (Å²) in [5, 5.41) is 10.6. The Bertz CT molecular complexity index is 901. The molecule has 0 aliphatic carbocycles. The summed E-state index contributed by atoms with van der Waals surface area (Å²) >= 11 is 1.05. The van der Waals surface area contributed by atoms with Crippen molar-refractivity contribution in [2.24, 2.45) is 0 Å². The first-order valence-corrected chi connectivity index (χ1v) is 11.0. The van der Waals surface area contributed by atoms with Gasteiger partial charge in [-0.2, -0.15) is 0 Å². The van der Waals surface area contributed by atoms with Crippen LogP contribution in [0, 0.1) is 5.82 Å². The van der Waals surface area contributed by atoms with E-state index in [9.17, 15) is 17.6 Å². The minimum Gasteiger partial charge on any atom is -0.481 e. The van der Waals surface area contributed by atoms with Gasteiger partial charge in [-0.1, -0.05) is 11.8 Å². The fourth-order valence-corrected chi connectivity index (χ4v) is 4.77. The molecule has 2 atom stereocenters. The molecule has 1 saturated heterocycles. The molecule has 1 aliphatic heterocycles. The van der Waals surface area contributed by atoms with E-state index in [1.807, 2.05) is 0 Å². The van der Waals surface area contributed by atoms with Crippen LogP contribution in [0.25, 0.3) is 0 Å². The third-order valence-corrected chi connectivity index (χ3v) is 6.41. The van der Waals surface area contributed by atoms with Crippen LogP contribution < -0.4 is 10.1 Å². The van der Waals surface area contributed by atoms with Crippen molar-refractivity contribution in [2.45, 2.75) is 30.7 Å². The average Bonchev–Trinajstić information content (AvgIpc) is 3.21. The first-order chi connectivity index (χ1) is 12.8. The Morgan fingerprint density at radius 2 is 2.15 bits per heavy atom. The first kappa shape index (κ1) is 19.6. The van der Waals surface area contributed by atoms with Crippen molar-refractivity contribution in [2.75, 3.05) is 17.3 Å². The topological polar surface area (TPSA) is 111 Å². The van der Waals surface area contributed by atoms with Crippen LogP contribution in [0.5, 0.6) is 5.75 Å². The molecule has 1 amide bonds. The molecule has 2 aromatic rings. The molecule has 27 heavy (non-hydrogen) atoms. The molecular weight excluding hydrogens is 397 g/mol. The van der Waals surface area contributed by atoms with Gasteiger partial charge in [0, 0.05) is 6.04 Å². The molecular formula is C16H18FN3O5S2. The maximum absolute atomic E-state index is 12.9. The van der Waals surface area contributed by atoms with Crippen molar-refractivity contribution in [3.05, 3.63) is 36.0 Å². The molecule has 1 fully saturated rings. The van der Waals surface area contributed by atoms with Crippen LogP contribution in [0.1, 0.15) is 25.3 Å². The van der Waals surface area contributed by atoms with Crippen LogP contribution in [0.15, 0.2) is 33.9 Å². The van der Waals surface area contributed by atoms with E-state index in [2.05, 4.69) is 15.5 Å². The van der Waals surface area contributed by atoms with Crippen LogP contribution in [-0.2, 0) is 14.6 Å². The second kappa shape index (κ2) is 8.26. The number of benzene rings is 1. The summed E-state index contributed by atoms with van der Waals surface area (Å²) in [7, 11) is -3.04. The number of nitrogens with one attached hydrogen (secondary N) is 1. The molecule has 1 aliphatic rings. The van der Waals surface area contributed by atoms with Crippen LogP contribution in [0.4, 0.5) is 4.39 Å². The van der Waals surface area contributed by atoms with E-state index >= 15 is 0 Å². The highest BCUT2D eigenvalue weighted by atomic mass is 32.2. The van der Waals surface area contributed by atoms with Gasteiger partial charge in [-0.25, -0.2) is 12.8 Å². The molecule has 0 spiro atoms. The molecule has 1 N–H and O–H groups in total. The zero-order valence-electron chi connectivity index (χ0n) is 14.4. The normalized spacial score (nSPS) is 19.6. The van der Waals surface area contributed by atoms with Crippen molar-refractivity contribution < 1.29 is 26.8 Å². The maximum atomic E-state index is 12.9. The second-order valence-corrected chi connectivity index (χ2v) is 9.23. The van der Waals surface area contributed by atoms with Gasteiger partial charge in [-0.05, 0) is 37.6 Å². The number of carbonyl (C=O) groups excluding carboxylic acids is 1. The molecule has 8 nitrogen and oxygen atoms in total. The van der Waals surface area contributed by atoms with Gasteiger partial charge in [-0.3, -0.25) is 4.79 Å². The Morgan fingerprint density at radius 3 is 2.81 bits per heavy atom. The molecule has 2 heterocycles. The van der Waals surface area contributed by atoms with Gasteiger partial charge in [-0.15, -0.1) is 10.2 Å². The molecule has 1 aromatic heterocycles. The summed E-state index contributed by atoms with van der Waals surface area (Å²) in [6.45, 7) is 1.71. The van der Waals surface area contributed by atoms with Gasteiger partial charge in [0.25, 0.3) is 11.1 Å². The lowest BCUT2D eigenvalue weighted by molar-refractivity contribution is -0.119. The minimum absolute atomic E-state index is 0.0215. The highest BCUT2D eigenvalue weighted by Crippen LogP contribution is 2.24. The number of nitrogens with zero attached hydrogens (tertiary/aromatic N) is 2. The van der Waals surface area contributed by atoms with Gasteiger partial charge in [0.05, 0.1) is 17.3 Å². The van der Waals surface area contributed by atoms with Gasteiger partial charge in [0.15, 0.2) is 15.9 Å². The molecule has 0 radical (unpaired) electrons. The lowest BCUT2D eigenvalue weighted by Crippen LogP contribution is -2.36. The Balaban J connectivity index is 1.47. The molecule has 3 rings (SSSR count). The van der Waals surface area contributed by atoms with E-state index in [0.717, 1.165) is 11.8 Å². The number of hydrogen-bond donors (Lipinski definition) is 1. The third-order valence-electron chi connectivity index (χ3n) is 3.82. The van der Waals surface area contributed by atoms with Crippen molar-refractivity contribution in [3.63, 3.8) is 0 Å². The Kier molecular flexibility index (Phi) is 6.00. The highest BCUT2D eigenvalue weighted by Gasteiger charge is 2.29. The predicted octanol–water partition coefficient (Wildman–Crippen LogP) is 1.74. The van der Waals surface area contributed by atoms with E-state index in [0.29, 0.717) is 12.2 Å². The van der Waals surface area contributed by atoms with Crippen LogP contribution in [0.3, 0.4) is 0 Å². The SMILES string of the molecule is C[C@H](Oc1ccc(F)cc1)c1nnc(SCC(=O)N[C@H]2CCS(=O)(=O)C2)o1. The van der Waals surface area contributed by atoms with E-state index in [1.54, 1.807) is 6.92 Å². The lowest BCUT2D eigenvalue weighted by atomic mass is 10.3. The molecule has 0 bridgehead atoms. The lowest BCUT2D eigenvalue weighted by Gasteiger charge is -2.10. The van der Waals surface area contributed by atoms with Crippen molar-refractivity contribution >= 4 is 27.5 Å². The van der Waals surface area contributed by atoms with Crippen molar-refractivity contribution in [3.8, 4) is 5.75 Å². The summed E-state index contributed by atoms with van der Waals surface area (Å²) in [6.07, 6.45) is -0.114. The molecule has 0 saturated carbocycles. The Labute approximate surface area is 159 Å². The third kappa shape index (κ3) is 5.67. The molecule has 1 aromatic carbocycles. The number of aromatic nitrogens is 2. The highest BCUT2D eigenvalue weighted by molar-refractivity contribution is 7.99. The Morgan fingerprint density at radius 1 is 1.41 bits per heavy atom. The van der Waals surface area contributed by atoms with E-state index < -0.39 is 15.9 Å². The largest absolute Gasteiger partial charge is 0.481 e. The number of amides is 1. The predicted molar refractivity (Wildman–Crippen MR) is 95.7 cm³/mol. The van der Waals surface area contributed by atoms with Gasteiger partial charge < -0.3 is 14.5 Å². The van der Waals surface area contributed by atoms with Crippen LogP contribution in [-0.4, -0.2) is 47.8 Å². The monoisotopic (exact) mass is 415 g/mol. The van der Waals surface area contributed by atoms with Crippen LogP contribution in [0.2, 0.25) is 0 Å². The molecule has 0 unspecified atom stereocenters. The zero-order chi connectivity index (χ0) is 19.4. The first-order valence-electron chi connectivity index (χ1n) is 8.19. The van der Waals surface area contributed by atoms with Crippen LogP contribution >= 0.6 is 11.8 Å². The molecule has 146 valence electrons. The van der Waals surface area contributed by atoms with Crippen molar-refractivity contribution in [1.29, 1.82) is 0 Å². The standard InChI is InChI=1S/C16H18FN3O5S2/c1-10(24-13-4-2-11(17)3-5-13)15-19-20-16(25-15)26-8-14(21)18-12-6-7-27(22,23)9-12/h2-5,10,12H,6-9H2,1H3,(H,18,21)/t10-,12-/m0/s1. The second-order valence-electron chi connectivity index (χ2n) is 6.08. The fraction of sp³-hybridized carbons (Fsp3) is 0.438. The smallest absolute Gasteiger partial charge is 0.277 e. The van der Waals surface area contributed by atoms with E-state index in [-0.39, 0.29) is 46.1 Å². The number of hydrogen-bond acceptors (Lipinski definition) is 8. The van der Waals surface area contributed by atoms with Gasteiger partial charge in [0.1, 0.15) is 11.6 Å². The number of halogens is 1. The molecule has 11 heteroatoms. The summed E-state index contributed by atoms with van der Waals surface area (Å²) in [5.74, 6) is 0.144.